The third kappa shape index (κ3) is 27.9. The zero-order valence-electron chi connectivity index (χ0n) is 23.6. The molecule has 0 saturated carbocycles. The van der Waals surface area contributed by atoms with Crippen molar-refractivity contribution in [1.29, 1.82) is 0 Å². The molecule has 33 heavy (non-hydrogen) atoms. The van der Waals surface area contributed by atoms with E-state index in [1.54, 1.807) is 0 Å². The number of rotatable bonds is 14. The van der Waals surface area contributed by atoms with E-state index in [2.05, 4.69) is 96.7 Å². The van der Waals surface area contributed by atoms with E-state index in [0.717, 1.165) is 25.7 Å². The second-order valence-corrected chi connectivity index (χ2v) is 8.94. The monoisotopic (exact) mass is 556 g/mol. The predicted molar refractivity (Wildman–Crippen MR) is 143 cm³/mol. The Balaban J connectivity index is -0.000000134. The van der Waals surface area contributed by atoms with Crippen LogP contribution in [-0.2, 0) is 29.1 Å². The van der Waals surface area contributed by atoms with Crippen molar-refractivity contribution in [1.82, 2.24) is 0 Å². The van der Waals surface area contributed by atoms with Gasteiger partial charge in [0.2, 0.25) is 0 Å². The summed E-state index contributed by atoms with van der Waals surface area (Å²) < 4.78 is 0. The molecule has 0 radical (unpaired) electrons. The fourth-order valence-corrected chi connectivity index (χ4v) is 2.23. The predicted octanol–water partition coefficient (Wildman–Crippen LogP) is 8.08. The molecule has 7 heteroatoms. The molecule has 0 aromatic heterocycles. The first kappa shape index (κ1) is 42.9. The molecule has 0 bridgehead atoms. The maximum absolute atomic E-state index is 7.75. The summed E-state index contributed by atoms with van der Waals surface area (Å²) in [6.07, 6.45) is 4.83. The summed E-state index contributed by atoms with van der Waals surface area (Å²) in [5.41, 5.74) is 0. The molecule has 0 aliphatic heterocycles. The van der Waals surface area contributed by atoms with Crippen LogP contribution in [0.1, 0.15) is 109 Å². The fourth-order valence-electron chi connectivity index (χ4n) is 2.23. The van der Waals surface area contributed by atoms with Crippen molar-refractivity contribution in [3.8, 4) is 0 Å². The third-order valence-corrected chi connectivity index (χ3v) is 5.18. The van der Waals surface area contributed by atoms with E-state index >= 15 is 0 Å². The minimum absolute atomic E-state index is 0. The van der Waals surface area contributed by atoms with Crippen LogP contribution in [0.2, 0.25) is 0 Å². The van der Waals surface area contributed by atoms with Crippen LogP contribution in [0.25, 0.3) is 21.3 Å². The molecule has 4 unspecified atom stereocenters. The summed E-state index contributed by atoms with van der Waals surface area (Å²) in [6, 6.07) is 1.76. The van der Waals surface area contributed by atoms with Crippen molar-refractivity contribution in [3.63, 3.8) is 0 Å². The summed E-state index contributed by atoms with van der Waals surface area (Å²) in [7, 11) is 0. The molecule has 0 heterocycles. The molecule has 0 spiro atoms. The Bertz CT molecular complexity index is 318. The summed E-state index contributed by atoms with van der Waals surface area (Å²) >= 11 is 0. The number of carbonyl (C=O) groups excluding carboxylic acids is 2. The van der Waals surface area contributed by atoms with Crippen molar-refractivity contribution < 1.29 is 29.1 Å². The second kappa shape index (κ2) is 29.8. The van der Waals surface area contributed by atoms with Crippen LogP contribution in [0.15, 0.2) is 0 Å². The van der Waals surface area contributed by atoms with Gasteiger partial charge in [0.1, 0.15) is 0 Å². The third-order valence-electron chi connectivity index (χ3n) is 5.18. The smallest absolute Gasteiger partial charge is 0.675 e. The maximum atomic E-state index is 7.75. The van der Waals surface area contributed by atoms with Crippen molar-refractivity contribution in [2.24, 2.45) is 11.8 Å². The molecule has 0 rings (SSSR count). The molecule has 0 fully saturated rings. The summed E-state index contributed by atoms with van der Waals surface area (Å²) in [6.45, 7) is 32.7. The van der Waals surface area contributed by atoms with Crippen molar-refractivity contribution in [2.45, 2.75) is 145 Å². The fraction of sp³-hybridized carbons (Fsp3) is 0.923. The summed E-state index contributed by atoms with van der Waals surface area (Å²) in [5, 5.41) is 18.9. The van der Waals surface area contributed by atoms with Crippen LogP contribution < -0.4 is 0 Å². The molecule has 6 nitrogen and oxygen atoms in total. The maximum Gasteiger partial charge on any atom is 6.00 e. The van der Waals surface area contributed by atoms with Crippen LogP contribution in [0.5, 0.6) is 0 Å². The largest absolute Gasteiger partial charge is 6.00 e. The number of hydrogen-bond acceptors (Lipinski definition) is 2. The van der Waals surface area contributed by atoms with E-state index in [-0.39, 0.29) is 31.8 Å². The van der Waals surface area contributed by atoms with Crippen molar-refractivity contribution in [3.05, 3.63) is 21.3 Å². The molecular weight excluding hydrogens is 501 g/mol. The van der Waals surface area contributed by atoms with Gasteiger partial charge in [0.15, 0.2) is 0 Å². The molecule has 0 aliphatic carbocycles. The van der Waals surface area contributed by atoms with Gasteiger partial charge >= 0.3 is 19.5 Å². The van der Waals surface area contributed by atoms with Gasteiger partial charge in [-0.05, 0) is 0 Å². The first-order valence-electron chi connectivity index (χ1n) is 12.3. The van der Waals surface area contributed by atoms with E-state index in [0.29, 0.717) is 36.0 Å². The van der Waals surface area contributed by atoms with Gasteiger partial charge in [0, 0.05) is 0 Å². The average molecular weight is 556 g/mol. The van der Waals surface area contributed by atoms with Crippen LogP contribution in [0, 0.1) is 11.8 Å². The Morgan fingerprint density at radius 3 is 0.697 bits per heavy atom. The van der Waals surface area contributed by atoms with Crippen LogP contribution in [-0.4, -0.2) is 50.1 Å². The van der Waals surface area contributed by atoms with Gasteiger partial charge in [-0.25, -0.2) is 12.3 Å². The van der Waals surface area contributed by atoms with Crippen molar-refractivity contribution >= 4 is 13.6 Å². The van der Waals surface area contributed by atoms with Crippen LogP contribution >= 0.6 is 0 Å². The Morgan fingerprint density at radius 1 is 0.455 bits per heavy atom. The molecular formula is C26H54N4O2Ru. The van der Waals surface area contributed by atoms with Gasteiger partial charge in [0.05, 0.1) is 0 Å². The average Bonchev–Trinajstić information content (AvgIpc) is 2.80. The Hall–Kier alpha value is -0.197. The standard InChI is InChI=1S/2C12H26N2.2CHO.Ru/c2*1-7-10(5)13-12(9(3)4)14-11(6)8-2;2*1-2;/h2*9-12H,7-8H2,1-6H3;2*1H;/q2*-2;2*-1;+6. The first-order valence-corrected chi connectivity index (χ1v) is 12.3. The van der Waals surface area contributed by atoms with Crippen molar-refractivity contribution in [2.75, 3.05) is 0 Å². The Kier molecular flexibility index (Phi) is 38.8. The Labute approximate surface area is 220 Å². The summed E-state index contributed by atoms with van der Waals surface area (Å²) in [4.78, 5) is 15.5. The minimum Gasteiger partial charge on any atom is -0.675 e. The van der Waals surface area contributed by atoms with E-state index < -0.39 is 0 Å². The van der Waals surface area contributed by atoms with Gasteiger partial charge < -0.3 is 30.9 Å². The van der Waals surface area contributed by atoms with Gasteiger partial charge in [-0.2, -0.15) is 0 Å². The molecule has 0 N–H and O–H groups in total. The molecule has 0 saturated heterocycles. The van der Waals surface area contributed by atoms with Gasteiger partial charge in [-0.3, -0.25) is 13.6 Å². The van der Waals surface area contributed by atoms with E-state index in [1.807, 2.05) is 0 Å². The number of hydrogen-bond donors (Lipinski definition) is 0. The minimum atomic E-state index is 0. The topological polar surface area (TPSA) is 90.5 Å². The number of nitrogens with zero attached hydrogens (tertiary/aromatic N) is 4. The zero-order chi connectivity index (χ0) is 26.3. The normalized spacial score (nSPS) is 15.7. The van der Waals surface area contributed by atoms with E-state index in [4.69, 9.17) is 30.9 Å². The molecule has 0 aromatic carbocycles. The first-order chi connectivity index (χ1) is 15.0. The van der Waals surface area contributed by atoms with E-state index in [1.165, 1.54) is 0 Å². The SMILES string of the molecule is CCC(C)[N-]C([N-]C(C)CC)C(C)C.CCC(C)[N-]C([N-]C(C)CC)C(C)C.[CH-]=O.[CH-]=O.[Ru+6]. The van der Waals surface area contributed by atoms with Crippen LogP contribution in [0.4, 0.5) is 0 Å². The van der Waals surface area contributed by atoms with Gasteiger partial charge in [-0.1, -0.05) is 121 Å². The molecule has 0 aromatic rings. The quantitative estimate of drug-likeness (QED) is 0.123. The van der Waals surface area contributed by atoms with Crippen LogP contribution in [0.3, 0.4) is 0 Å². The Morgan fingerprint density at radius 2 is 0.606 bits per heavy atom. The molecule has 198 valence electrons. The van der Waals surface area contributed by atoms with E-state index in [9.17, 15) is 0 Å². The molecule has 4 atom stereocenters. The summed E-state index contributed by atoms with van der Waals surface area (Å²) in [5.74, 6) is 1.05. The second-order valence-electron chi connectivity index (χ2n) is 8.94. The molecule has 0 amide bonds. The van der Waals surface area contributed by atoms with Gasteiger partial charge in [-0.15, -0.1) is 24.2 Å². The zero-order valence-corrected chi connectivity index (χ0v) is 25.3. The van der Waals surface area contributed by atoms with Gasteiger partial charge in [0.25, 0.3) is 0 Å². The molecule has 0 aliphatic rings.